The second kappa shape index (κ2) is 4.67. The molecule has 0 bridgehead atoms. The van der Waals surface area contributed by atoms with Crippen LogP contribution in [-0.4, -0.2) is 17.5 Å². The van der Waals surface area contributed by atoms with Crippen LogP contribution in [0.2, 0.25) is 0 Å². The summed E-state index contributed by atoms with van der Waals surface area (Å²) >= 11 is 0. The van der Waals surface area contributed by atoms with E-state index in [1.54, 1.807) is 0 Å². The third-order valence-electron chi connectivity index (χ3n) is 3.31. The van der Waals surface area contributed by atoms with Crippen molar-refractivity contribution >= 4 is 5.69 Å². The Labute approximate surface area is 92.1 Å². The van der Waals surface area contributed by atoms with Crippen molar-refractivity contribution in [2.24, 2.45) is 0 Å². The first-order valence-corrected chi connectivity index (χ1v) is 5.84. The van der Waals surface area contributed by atoms with Crippen LogP contribution >= 0.6 is 0 Å². The summed E-state index contributed by atoms with van der Waals surface area (Å²) in [6.45, 7) is 4.64. The summed E-state index contributed by atoms with van der Waals surface area (Å²) in [6.07, 6.45) is 4.08. The summed E-state index contributed by atoms with van der Waals surface area (Å²) in [6, 6.07) is 8.98. The van der Waals surface area contributed by atoms with Gasteiger partial charge in [0.05, 0.1) is 0 Å². The summed E-state index contributed by atoms with van der Waals surface area (Å²) in [5, 5.41) is 0. The van der Waals surface area contributed by atoms with Crippen LogP contribution in [0.25, 0.3) is 0 Å². The normalized spacial score (nSPS) is 22.9. The zero-order valence-electron chi connectivity index (χ0n) is 9.45. The molecule has 82 valence electrons. The zero-order valence-corrected chi connectivity index (χ0v) is 9.45. The molecule has 1 heterocycles. The van der Waals surface area contributed by atoms with Gasteiger partial charge in [-0.05, 0) is 44.0 Å². The number of rotatable bonds is 2. The molecule has 2 nitrogen and oxygen atoms in total. The molecule has 1 atom stereocenters. The van der Waals surface area contributed by atoms with Crippen LogP contribution in [0, 0.1) is 0 Å². The van der Waals surface area contributed by atoms with Crippen LogP contribution in [0.1, 0.15) is 31.7 Å². The van der Waals surface area contributed by atoms with Crippen molar-refractivity contribution < 1.29 is 0 Å². The van der Waals surface area contributed by atoms with Crippen LogP contribution in [-0.2, 0) is 6.54 Å². The van der Waals surface area contributed by atoms with E-state index in [2.05, 4.69) is 24.0 Å². The average molecular weight is 204 g/mol. The number of hydrogen-bond donors (Lipinski definition) is 1. The number of nitrogens with zero attached hydrogens (tertiary/aromatic N) is 1. The van der Waals surface area contributed by atoms with Crippen molar-refractivity contribution in [3.63, 3.8) is 0 Å². The van der Waals surface area contributed by atoms with E-state index in [4.69, 9.17) is 5.73 Å². The fraction of sp³-hybridized carbons (Fsp3) is 0.538. The molecule has 1 aromatic carbocycles. The van der Waals surface area contributed by atoms with Crippen molar-refractivity contribution in [3.8, 4) is 0 Å². The molecule has 1 fully saturated rings. The Morgan fingerprint density at radius 1 is 1.27 bits per heavy atom. The highest BCUT2D eigenvalue weighted by atomic mass is 15.2. The first-order chi connectivity index (χ1) is 7.25. The first kappa shape index (κ1) is 10.5. The van der Waals surface area contributed by atoms with E-state index in [1.807, 2.05) is 12.1 Å². The highest BCUT2D eigenvalue weighted by Crippen LogP contribution is 2.19. The third-order valence-corrected chi connectivity index (χ3v) is 3.31. The maximum atomic E-state index is 5.67. The van der Waals surface area contributed by atoms with Gasteiger partial charge < -0.3 is 5.73 Å². The Balaban J connectivity index is 1.98. The monoisotopic (exact) mass is 204 g/mol. The molecule has 1 aliphatic heterocycles. The fourth-order valence-corrected chi connectivity index (χ4v) is 2.25. The maximum absolute atomic E-state index is 5.67. The predicted molar refractivity (Wildman–Crippen MR) is 64.6 cm³/mol. The van der Waals surface area contributed by atoms with E-state index in [1.165, 1.54) is 31.4 Å². The second-order valence-electron chi connectivity index (χ2n) is 4.56. The quantitative estimate of drug-likeness (QED) is 0.750. The van der Waals surface area contributed by atoms with Crippen molar-refractivity contribution in [2.45, 2.75) is 38.8 Å². The van der Waals surface area contributed by atoms with E-state index >= 15 is 0 Å². The van der Waals surface area contributed by atoms with Gasteiger partial charge in [0, 0.05) is 18.3 Å². The van der Waals surface area contributed by atoms with E-state index in [0.717, 1.165) is 18.3 Å². The minimum atomic E-state index is 0.733. The highest BCUT2D eigenvalue weighted by Gasteiger charge is 2.17. The molecule has 0 aromatic heterocycles. The number of nitrogens with two attached hydrogens (primary N) is 1. The van der Waals surface area contributed by atoms with E-state index in [9.17, 15) is 0 Å². The van der Waals surface area contributed by atoms with Crippen LogP contribution in [0.3, 0.4) is 0 Å². The molecule has 1 saturated heterocycles. The van der Waals surface area contributed by atoms with Crippen molar-refractivity contribution in [1.82, 2.24) is 4.90 Å². The number of likely N-dealkylation sites (tertiary alicyclic amines) is 1. The van der Waals surface area contributed by atoms with Crippen LogP contribution in [0.15, 0.2) is 24.3 Å². The summed E-state index contributed by atoms with van der Waals surface area (Å²) in [5.41, 5.74) is 7.90. The maximum Gasteiger partial charge on any atom is 0.0314 e. The topological polar surface area (TPSA) is 29.3 Å². The fourth-order valence-electron chi connectivity index (χ4n) is 2.25. The van der Waals surface area contributed by atoms with Gasteiger partial charge in [-0.3, -0.25) is 4.90 Å². The van der Waals surface area contributed by atoms with Gasteiger partial charge >= 0.3 is 0 Å². The van der Waals surface area contributed by atoms with E-state index in [0.29, 0.717) is 0 Å². The van der Waals surface area contributed by atoms with Gasteiger partial charge in [-0.1, -0.05) is 18.6 Å². The van der Waals surface area contributed by atoms with Gasteiger partial charge in [-0.25, -0.2) is 0 Å². The van der Waals surface area contributed by atoms with Crippen molar-refractivity contribution in [1.29, 1.82) is 0 Å². The van der Waals surface area contributed by atoms with Crippen molar-refractivity contribution in [3.05, 3.63) is 29.8 Å². The van der Waals surface area contributed by atoms with Crippen LogP contribution < -0.4 is 5.73 Å². The highest BCUT2D eigenvalue weighted by molar-refractivity contribution is 5.39. The molecule has 2 N–H and O–H groups in total. The predicted octanol–water partition coefficient (Wildman–Crippen LogP) is 2.64. The summed E-state index contributed by atoms with van der Waals surface area (Å²) in [7, 11) is 0. The summed E-state index contributed by atoms with van der Waals surface area (Å²) < 4.78 is 0. The number of benzene rings is 1. The van der Waals surface area contributed by atoms with Gasteiger partial charge in [-0.2, -0.15) is 0 Å². The van der Waals surface area contributed by atoms with Gasteiger partial charge in [0.2, 0.25) is 0 Å². The summed E-state index contributed by atoms with van der Waals surface area (Å²) in [4.78, 5) is 2.56. The molecule has 0 aliphatic carbocycles. The molecular weight excluding hydrogens is 184 g/mol. The Hall–Kier alpha value is -1.02. The SMILES string of the molecule is C[C@@H]1CCCCN1Cc1ccc(N)cc1. The average Bonchev–Trinajstić information content (AvgIpc) is 2.25. The molecule has 2 heteroatoms. The minimum absolute atomic E-state index is 0.733. The van der Waals surface area contributed by atoms with Crippen LogP contribution in [0.5, 0.6) is 0 Å². The number of anilines is 1. The summed E-state index contributed by atoms with van der Waals surface area (Å²) in [5.74, 6) is 0. The lowest BCUT2D eigenvalue weighted by Gasteiger charge is -2.33. The Morgan fingerprint density at radius 2 is 2.00 bits per heavy atom. The lowest BCUT2D eigenvalue weighted by molar-refractivity contribution is 0.152. The Morgan fingerprint density at radius 3 is 2.67 bits per heavy atom. The zero-order chi connectivity index (χ0) is 10.7. The molecule has 0 unspecified atom stereocenters. The van der Waals surface area contributed by atoms with Gasteiger partial charge in [0.15, 0.2) is 0 Å². The third kappa shape index (κ3) is 2.72. The van der Waals surface area contributed by atoms with Gasteiger partial charge in [-0.15, -0.1) is 0 Å². The van der Waals surface area contributed by atoms with Crippen LogP contribution in [0.4, 0.5) is 5.69 Å². The molecule has 0 radical (unpaired) electrons. The van der Waals surface area contributed by atoms with E-state index in [-0.39, 0.29) is 0 Å². The number of nitrogen functional groups attached to an aromatic ring is 1. The molecule has 2 rings (SSSR count). The molecule has 1 aliphatic rings. The second-order valence-corrected chi connectivity index (χ2v) is 4.56. The lowest BCUT2D eigenvalue weighted by Crippen LogP contribution is -2.36. The first-order valence-electron chi connectivity index (χ1n) is 5.84. The molecule has 0 amide bonds. The van der Waals surface area contributed by atoms with E-state index < -0.39 is 0 Å². The number of hydrogen-bond acceptors (Lipinski definition) is 2. The lowest BCUT2D eigenvalue weighted by atomic mass is 10.0. The van der Waals surface area contributed by atoms with Gasteiger partial charge in [0.1, 0.15) is 0 Å². The van der Waals surface area contributed by atoms with Crippen molar-refractivity contribution in [2.75, 3.05) is 12.3 Å². The van der Waals surface area contributed by atoms with Gasteiger partial charge in [0.25, 0.3) is 0 Å². The largest absolute Gasteiger partial charge is 0.399 e. The molecule has 1 aromatic rings. The Bertz CT molecular complexity index is 305. The Kier molecular flexibility index (Phi) is 3.27. The molecule has 15 heavy (non-hydrogen) atoms. The minimum Gasteiger partial charge on any atom is -0.399 e. The standard InChI is InChI=1S/C13H20N2/c1-11-4-2-3-9-15(11)10-12-5-7-13(14)8-6-12/h5-8,11H,2-4,9-10,14H2,1H3/t11-/m1/s1. The molecule has 0 saturated carbocycles. The molecule has 0 spiro atoms. The smallest absolute Gasteiger partial charge is 0.0314 e. The molecular formula is C13H20N2. The number of piperidine rings is 1.